The lowest BCUT2D eigenvalue weighted by Gasteiger charge is -2.27. The van der Waals surface area contributed by atoms with Crippen LogP contribution in [0, 0.1) is 0 Å². The maximum atomic E-state index is 5.19. The molecule has 2 nitrogen and oxygen atoms in total. The number of benzene rings is 7. The first-order valence-electron chi connectivity index (χ1n) is 15.8. The van der Waals surface area contributed by atoms with Crippen LogP contribution in [0.15, 0.2) is 158 Å². The van der Waals surface area contributed by atoms with Gasteiger partial charge in [0.1, 0.15) is 5.01 Å². The minimum Gasteiger partial charge on any atom is -0.310 e. The molecule has 0 bridgehead atoms. The Morgan fingerprint density at radius 2 is 1.13 bits per heavy atom. The number of thiazole rings is 1. The van der Waals surface area contributed by atoms with Crippen molar-refractivity contribution in [3.05, 3.63) is 158 Å². The van der Waals surface area contributed by atoms with Gasteiger partial charge in [-0.15, -0.1) is 22.7 Å². The molecule has 47 heavy (non-hydrogen) atoms. The van der Waals surface area contributed by atoms with Gasteiger partial charge in [-0.2, -0.15) is 0 Å². The van der Waals surface area contributed by atoms with Crippen LogP contribution in [0.3, 0.4) is 0 Å². The average Bonchev–Trinajstić information content (AvgIpc) is 3.82. The van der Waals surface area contributed by atoms with E-state index in [1.165, 1.54) is 63.6 Å². The van der Waals surface area contributed by atoms with E-state index in [4.69, 9.17) is 4.98 Å². The van der Waals surface area contributed by atoms with Crippen LogP contribution < -0.4 is 4.90 Å². The first-order valence-corrected chi connectivity index (χ1v) is 17.4. The van der Waals surface area contributed by atoms with Gasteiger partial charge in [0.15, 0.2) is 0 Å². The fourth-order valence-corrected chi connectivity index (χ4v) is 9.28. The van der Waals surface area contributed by atoms with E-state index >= 15 is 0 Å². The summed E-state index contributed by atoms with van der Waals surface area (Å²) >= 11 is 3.65. The number of thiophene rings is 1. The van der Waals surface area contributed by atoms with Crippen molar-refractivity contribution in [3.8, 4) is 43.4 Å². The molecule has 0 spiro atoms. The molecule has 2 aromatic heterocycles. The SMILES string of the molecule is c1ccc(-c2ccc(N(c3ccc4sc5ccccc5c4c3)c3ccc4c5c(cccc35)-c3nc(-c5ccccc5)sc3-4)cc2)cc1. The van der Waals surface area contributed by atoms with Gasteiger partial charge < -0.3 is 4.90 Å². The molecule has 10 rings (SSSR count). The third-order valence-electron chi connectivity index (χ3n) is 9.26. The van der Waals surface area contributed by atoms with Crippen LogP contribution in [0.1, 0.15) is 0 Å². The lowest BCUT2D eigenvalue weighted by molar-refractivity contribution is 1.31. The Hall–Kier alpha value is -5.55. The molecular weight excluding hydrogens is 609 g/mol. The van der Waals surface area contributed by atoms with Gasteiger partial charge in [0.25, 0.3) is 0 Å². The maximum Gasteiger partial charge on any atom is 0.124 e. The van der Waals surface area contributed by atoms with E-state index in [1.54, 1.807) is 11.3 Å². The van der Waals surface area contributed by atoms with Gasteiger partial charge in [-0.25, -0.2) is 4.98 Å². The average molecular weight is 635 g/mol. The monoisotopic (exact) mass is 634 g/mol. The Kier molecular flexibility index (Phi) is 5.95. The summed E-state index contributed by atoms with van der Waals surface area (Å²) in [6, 6.07) is 57.1. The molecule has 1 aliphatic carbocycles. The zero-order chi connectivity index (χ0) is 30.9. The fraction of sp³-hybridized carbons (Fsp3) is 0. The predicted octanol–water partition coefficient (Wildman–Crippen LogP) is 13.1. The Morgan fingerprint density at radius 1 is 0.447 bits per heavy atom. The molecule has 1 aliphatic rings. The van der Waals surface area contributed by atoms with E-state index in [-0.39, 0.29) is 0 Å². The van der Waals surface area contributed by atoms with Crippen molar-refractivity contribution in [2.75, 3.05) is 4.90 Å². The standard InChI is InChI=1S/C43H26N2S2/c1-3-10-27(11-4-1)28-18-20-30(21-19-28)45(31-22-25-39-36(26-31)32-14-7-8-17-38(32)46-39)37-24-23-35-40-33(37)15-9-16-34(40)41-42(35)47-43(44-41)29-12-5-2-6-13-29/h1-26H. The minimum atomic E-state index is 1.07. The second-order valence-electron chi connectivity index (χ2n) is 12.0. The molecule has 0 atom stereocenters. The highest BCUT2D eigenvalue weighted by Crippen LogP contribution is 2.54. The maximum absolute atomic E-state index is 5.19. The molecule has 220 valence electrons. The summed E-state index contributed by atoms with van der Waals surface area (Å²) in [6.45, 7) is 0. The number of nitrogens with zero attached hydrogens (tertiary/aromatic N) is 2. The zero-order valence-electron chi connectivity index (χ0n) is 25.2. The molecule has 0 N–H and O–H groups in total. The number of anilines is 3. The normalized spacial score (nSPS) is 11.8. The van der Waals surface area contributed by atoms with Crippen LogP contribution in [-0.4, -0.2) is 4.98 Å². The van der Waals surface area contributed by atoms with Gasteiger partial charge in [-0.1, -0.05) is 115 Å². The quantitative estimate of drug-likeness (QED) is 0.187. The molecule has 0 saturated carbocycles. The van der Waals surface area contributed by atoms with Gasteiger partial charge >= 0.3 is 0 Å². The lowest BCUT2D eigenvalue weighted by atomic mass is 10.0. The molecule has 0 saturated heterocycles. The summed E-state index contributed by atoms with van der Waals surface area (Å²) in [5.74, 6) is 0. The van der Waals surface area contributed by atoms with Crippen LogP contribution in [-0.2, 0) is 0 Å². The molecule has 2 heterocycles. The van der Waals surface area contributed by atoms with Gasteiger partial charge in [0, 0.05) is 59.0 Å². The number of rotatable bonds is 5. The number of hydrogen-bond donors (Lipinski definition) is 0. The van der Waals surface area contributed by atoms with E-state index in [9.17, 15) is 0 Å². The van der Waals surface area contributed by atoms with Gasteiger partial charge in [0.05, 0.1) is 16.3 Å². The molecule has 0 radical (unpaired) electrons. The second-order valence-corrected chi connectivity index (χ2v) is 14.0. The number of fused-ring (bicyclic) bond motifs is 6. The summed E-state index contributed by atoms with van der Waals surface area (Å²) in [7, 11) is 0. The number of hydrogen-bond acceptors (Lipinski definition) is 4. The third kappa shape index (κ3) is 4.19. The summed E-state index contributed by atoms with van der Waals surface area (Å²) in [4.78, 5) is 8.88. The molecule has 0 fully saturated rings. The predicted molar refractivity (Wildman–Crippen MR) is 202 cm³/mol. The number of aromatic nitrogens is 1. The van der Waals surface area contributed by atoms with E-state index in [0.29, 0.717) is 0 Å². The van der Waals surface area contributed by atoms with Crippen LogP contribution in [0.4, 0.5) is 17.1 Å². The Morgan fingerprint density at radius 3 is 1.96 bits per heavy atom. The Labute approximate surface area is 280 Å². The van der Waals surface area contributed by atoms with Crippen molar-refractivity contribution in [3.63, 3.8) is 0 Å². The Balaban J connectivity index is 1.17. The van der Waals surface area contributed by atoms with Crippen molar-refractivity contribution >= 4 is 70.7 Å². The van der Waals surface area contributed by atoms with Crippen LogP contribution in [0.25, 0.3) is 74.3 Å². The van der Waals surface area contributed by atoms with Crippen molar-refractivity contribution in [2.24, 2.45) is 0 Å². The third-order valence-corrected chi connectivity index (χ3v) is 11.5. The van der Waals surface area contributed by atoms with E-state index in [1.807, 2.05) is 11.3 Å². The summed E-state index contributed by atoms with van der Waals surface area (Å²) in [5.41, 5.74) is 10.6. The smallest absolute Gasteiger partial charge is 0.124 e. The fourth-order valence-electron chi connectivity index (χ4n) is 7.08. The molecular formula is C43H26N2S2. The lowest BCUT2D eigenvalue weighted by Crippen LogP contribution is -2.10. The van der Waals surface area contributed by atoms with E-state index < -0.39 is 0 Å². The van der Waals surface area contributed by atoms with E-state index in [0.717, 1.165) is 27.8 Å². The van der Waals surface area contributed by atoms with Crippen molar-refractivity contribution < 1.29 is 0 Å². The highest BCUT2D eigenvalue weighted by molar-refractivity contribution is 7.25. The molecule has 0 unspecified atom stereocenters. The summed E-state index contributed by atoms with van der Waals surface area (Å²) < 4.78 is 2.62. The Bertz CT molecular complexity index is 2590. The topological polar surface area (TPSA) is 16.1 Å². The van der Waals surface area contributed by atoms with Crippen LogP contribution in [0.5, 0.6) is 0 Å². The summed E-state index contributed by atoms with van der Waals surface area (Å²) in [5, 5.41) is 6.18. The first kappa shape index (κ1) is 26.6. The van der Waals surface area contributed by atoms with Crippen molar-refractivity contribution in [1.29, 1.82) is 0 Å². The molecule has 4 heteroatoms. The minimum absolute atomic E-state index is 1.07. The highest BCUT2D eigenvalue weighted by atomic mass is 32.1. The summed E-state index contributed by atoms with van der Waals surface area (Å²) in [6.07, 6.45) is 0. The van der Waals surface area contributed by atoms with Gasteiger partial charge in [-0.05, 0) is 53.6 Å². The second kappa shape index (κ2) is 10.5. The molecule has 0 aliphatic heterocycles. The van der Waals surface area contributed by atoms with E-state index in [2.05, 4.69) is 163 Å². The molecule has 7 aromatic carbocycles. The molecule has 0 amide bonds. The van der Waals surface area contributed by atoms with Crippen molar-refractivity contribution in [2.45, 2.75) is 0 Å². The van der Waals surface area contributed by atoms with Gasteiger partial charge in [0.2, 0.25) is 0 Å². The van der Waals surface area contributed by atoms with Crippen LogP contribution >= 0.6 is 22.7 Å². The molecule has 9 aromatic rings. The zero-order valence-corrected chi connectivity index (χ0v) is 26.9. The van der Waals surface area contributed by atoms with Gasteiger partial charge in [-0.3, -0.25) is 0 Å². The largest absolute Gasteiger partial charge is 0.310 e. The first-order chi connectivity index (χ1) is 23.3. The highest BCUT2D eigenvalue weighted by Gasteiger charge is 2.28. The van der Waals surface area contributed by atoms with Crippen LogP contribution in [0.2, 0.25) is 0 Å². The van der Waals surface area contributed by atoms with Crippen molar-refractivity contribution in [1.82, 2.24) is 4.98 Å².